The lowest BCUT2D eigenvalue weighted by molar-refractivity contribution is 0.255. The van der Waals surface area contributed by atoms with Crippen LogP contribution in [0, 0.1) is 0 Å². The fourth-order valence-corrected chi connectivity index (χ4v) is 3.82. The van der Waals surface area contributed by atoms with Crippen LogP contribution in [0.3, 0.4) is 0 Å². The lowest BCUT2D eigenvalue weighted by Gasteiger charge is -2.29. The minimum atomic E-state index is 0.707. The number of aromatic amines is 1. The Morgan fingerprint density at radius 2 is 1.91 bits per heavy atom. The first kappa shape index (κ1) is 14.9. The molecule has 1 aliphatic heterocycles. The van der Waals surface area contributed by atoms with E-state index in [0.29, 0.717) is 5.92 Å². The summed E-state index contributed by atoms with van der Waals surface area (Å²) in [6.45, 7) is 2.41. The highest BCUT2D eigenvalue weighted by atomic mass is 79.9. The van der Waals surface area contributed by atoms with Crippen LogP contribution in [0.2, 0.25) is 0 Å². The van der Waals surface area contributed by atoms with Gasteiger partial charge >= 0.3 is 0 Å². The summed E-state index contributed by atoms with van der Waals surface area (Å²) in [5, 5.41) is 1.16. The van der Waals surface area contributed by atoms with Crippen molar-refractivity contribution >= 4 is 27.0 Å². The molecular weight excluding hydrogens is 350 g/mol. The van der Waals surface area contributed by atoms with Gasteiger partial charge in [-0.1, -0.05) is 24.3 Å². The predicted octanol–water partition coefficient (Wildman–Crippen LogP) is 4.80. The third kappa shape index (κ3) is 2.93. The predicted molar refractivity (Wildman–Crippen MR) is 98.7 cm³/mol. The first-order valence-electron chi connectivity index (χ1n) is 8.12. The second-order valence-electron chi connectivity index (χ2n) is 6.45. The van der Waals surface area contributed by atoms with Gasteiger partial charge in [0.2, 0.25) is 0 Å². The lowest BCUT2D eigenvalue weighted by atomic mass is 9.89. The molecule has 118 valence electrons. The van der Waals surface area contributed by atoms with Gasteiger partial charge in [-0.2, -0.15) is 0 Å². The second-order valence-corrected chi connectivity index (χ2v) is 7.37. The number of aromatic nitrogens is 2. The number of hydrogen-bond acceptors (Lipinski definition) is 2. The molecule has 0 atom stereocenters. The van der Waals surface area contributed by atoms with E-state index >= 15 is 0 Å². The van der Waals surface area contributed by atoms with E-state index in [-0.39, 0.29) is 0 Å². The standard InChI is InChI=1S/C19H20BrN3/c1-23-8-6-14(7-9-23)13-2-4-15(5-3-13)18-12-22-19-17(18)10-16(20)11-21-19/h2-5,10-12,14H,6-9H2,1H3,(H,21,22). The van der Waals surface area contributed by atoms with E-state index < -0.39 is 0 Å². The molecule has 1 N–H and O–H groups in total. The third-order valence-electron chi connectivity index (χ3n) is 4.91. The van der Waals surface area contributed by atoms with Crippen molar-refractivity contribution in [3.05, 3.63) is 52.8 Å². The fraction of sp³-hybridized carbons (Fsp3) is 0.316. The number of nitrogens with zero attached hydrogens (tertiary/aromatic N) is 2. The molecule has 4 rings (SSSR count). The average molecular weight is 370 g/mol. The SMILES string of the molecule is CN1CCC(c2ccc(-c3c[nH]c4ncc(Br)cc34)cc2)CC1. The van der Waals surface area contributed by atoms with E-state index in [9.17, 15) is 0 Å². The van der Waals surface area contributed by atoms with E-state index in [1.54, 1.807) is 0 Å². The van der Waals surface area contributed by atoms with E-state index in [1.807, 2.05) is 6.20 Å². The Morgan fingerprint density at radius 3 is 2.65 bits per heavy atom. The number of nitrogens with one attached hydrogen (secondary N) is 1. The Kier molecular flexibility index (Phi) is 3.95. The molecule has 4 heteroatoms. The van der Waals surface area contributed by atoms with Crippen LogP contribution < -0.4 is 0 Å². The number of halogens is 1. The molecule has 0 amide bonds. The van der Waals surface area contributed by atoms with Gasteiger partial charge < -0.3 is 9.88 Å². The van der Waals surface area contributed by atoms with Crippen LogP contribution in [-0.2, 0) is 0 Å². The van der Waals surface area contributed by atoms with Crippen molar-refractivity contribution in [1.29, 1.82) is 0 Å². The molecule has 3 nitrogen and oxygen atoms in total. The van der Waals surface area contributed by atoms with E-state index in [0.717, 1.165) is 15.5 Å². The van der Waals surface area contributed by atoms with Gasteiger partial charge in [0.25, 0.3) is 0 Å². The highest BCUT2D eigenvalue weighted by Crippen LogP contribution is 2.32. The summed E-state index contributed by atoms with van der Waals surface area (Å²) in [4.78, 5) is 10.1. The van der Waals surface area contributed by atoms with Crippen LogP contribution in [-0.4, -0.2) is 35.0 Å². The zero-order chi connectivity index (χ0) is 15.8. The molecule has 0 bridgehead atoms. The summed E-state index contributed by atoms with van der Waals surface area (Å²) in [5.41, 5.74) is 4.86. The minimum Gasteiger partial charge on any atom is -0.346 e. The Bertz CT molecular complexity index is 814. The molecule has 23 heavy (non-hydrogen) atoms. The van der Waals surface area contributed by atoms with Gasteiger partial charge in [-0.15, -0.1) is 0 Å². The zero-order valence-corrected chi connectivity index (χ0v) is 14.8. The molecule has 0 saturated carbocycles. The first-order valence-corrected chi connectivity index (χ1v) is 8.91. The smallest absolute Gasteiger partial charge is 0.137 e. The molecular formula is C19H20BrN3. The molecule has 3 aromatic rings. The number of hydrogen-bond donors (Lipinski definition) is 1. The Morgan fingerprint density at radius 1 is 1.17 bits per heavy atom. The van der Waals surface area contributed by atoms with E-state index in [2.05, 4.69) is 74.4 Å². The van der Waals surface area contributed by atoms with Gasteiger partial charge in [0, 0.05) is 27.8 Å². The number of likely N-dealkylation sites (tertiary alicyclic amines) is 1. The Balaban J connectivity index is 1.63. The topological polar surface area (TPSA) is 31.9 Å². The summed E-state index contributed by atoms with van der Waals surface area (Å²) >= 11 is 3.51. The number of H-pyrrole nitrogens is 1. The maximum Gasteiger partial charge on any atom is 0.137 e. The van der Waals surface area contributed by atoms with Gasteiger partial charge in [-0.25, -0.2) is 4.98 Å². The van der Waals surface area contributed by atoms with Gasteiger partial charge in [0.1, 0.15) is 5.65 Å². The van der Waals surface area contributed by atoms with Crippen LogP contribution in [0.5, 0.6) is 0 Å². The van der Waals surface area contributed by atoms with Crippen LogP contribution in [0.15, 0.2) is 47.2 Å². The summed E-state index contributed by atoms with van der Waals surface area (Å²) in [5.74, 6) is 0.707. The number of pyridine rings is 1. The highest BCUT2D eigenvalue weighted by Gasteiger charge is 2.18. The molecule has 0 radical (unpaired) electrons. The highest BCUT2D eigenvalue weighted by molar-refractivity contribution is 9.10. The Hall–Kier alpha value is -1.65. The molecule has 1 aromatic carbocycles. The van der Waals surface area contributed by atoms with E-state index in [1.165, 1.54) is 42.6 Å². The molecule has 0 aliphatic carbocycles. The van der Waals surface area contributed by atoms with E-state index in [4.69, 9.17) is 0 Å². The lowest BCUT2D eigenvalue weighted by Crippen LogP contribution is -2.29. The molecule has 1 aliphatic rings. The largest absolute Gasteiger partial charge is 0.346 e. The fourth-order valence-electron chi connectivity index (χ4n) is 3.49. The average Bonchev–Trinajstić information content (AvgIpc) is 2.99. The number of piperidine rings is 1. The number of benzene rings is 1. The van der Waals surface area contributed by atoms with Crippen molar-refractivity contribution in [2.75, 3.05) is 20.1 Å². The quantitative estimate of drug-likeness (QED) is 0.703. The molecule has 1 saturated heterocycles. The normalized spacial score (nSPS) is 17.0. The maximum absolute atomic E-state index is 4.42. The van der Waals surface area contributed by atoms with Crippen molar-refractivity contribution < 1.29 is 0 Å². The van der Waals surface area contributed by atoms with Gasteiger partial charge in [-0.05, 0) is 72.0 Å². The molecule has 1 fully saturated rings. The minimum absolute atomic E-state index is 0.707. The monoisotopic (exact) mass is 369 g/mol. The van der Waals surface area contributed by atoms with Crippen molar-refractivity contribution in [3.8, 4) is 11.1 Å². The molecule has 0 spiro atoms. The molecule has 2 aromatic heterocycles. The zero-order valence-electron chi connectivity index (χ0n) is 13.2. The summed E-state index contributed by atoms with van der Waals surface area (Å²) in [6.07, 6.45) is 6.40. The number of fused-ring (bicyclic) bond motifs is 1. The summed E-state index contributed by atoms with van der Waals surface area (Å²) in [7, 11) is 2.21. The van der Waals surface area contributed by atoms with Crippen molar-refractivity contribution in [2.24, 2.45) is 0 Å². The van der Waals surface area contributed by atoms with Crippen molar-refractivity contribution in [3.63, 3.8) is 0 Å². The summed E-state index contributed by atoms with van der Waals surface area (Å²) in [6, 6.07) is 11.2. The van der Waals surface area contributed by atoms with Crippen LogP contribution >= 0.6 is 15.9 Å². The maximum atomic E-state index is 4.42. The van der Waals surface area contributed by atoms with Gasteiger partial charge in [0.05, 0.1) is 0 Å². The van der Waals surface area contributed by atoms with Gasteiger partial charge in [0.15, 0.2) is 0 Å². The number of rotatable bonds is 2. The Labute approximate surface area is 144 Å². The molecule has 0 unspecified atom stereocenters. The van der Waals surface area contributed by atoms with Crippen LogP contribution in [0.4, 0.5) is 0 Å². The second kappa shape index (κ2) is 6.10. The third-order valence-corrected chi connectivity index (χ3v) is 5.34. The first-order chi connectivity index (χ1) is 11.2. The van der Waals surface area contributed by atoms with Crippen LogP contribution in [0.1, 0.15) is 24.3 Å². The molecule has 3 heterocycles. The van der Waals surface area contributed by atoms with Crippen molar-refractivity contribution in [2.45, 2.75) is 18.8 Å². The van der Waals surface area contributed by atoms with Crippen molar-refractivity contribution in [1.82, 2.24) is 14.9 Å². The van der Waals surface area contributed by atoms with Crippen LogP contribution in [0.25, 0.3) is 22.2 Å². The van der Waals surface area contributed by atoms with Gasteiger partial charge in [-0.3, -0.25) is 0 Å². The summed E-state index contributed by atoms with van der Waals surface area (Å²) < 4.78 is 1.01.